The van der Waals surface area contributed by atoms with Crippen LogP contribution in [0.15, 0.2) is 37.2 Å². The Balaban J connectivity index is 2.03. The molecule has 3 aromatic rings. The molecular formula is C14H14Cl2N6O. The first-order valence-corrected chi connectivity index (χ1v) is 7.57. The fourth-order valence-corrected chi connectivity index (χ4v) is 3.00. The van der Waals surface area contributed by atoms with E-state index in [1.807, 2.05) is 7.05 Å². The van der Waals surface area contributed by atoms with Gasteiger partial charge in [-0.3, -0.25) is 0 Å². The van der Waals surface area contributed by atoms with Gasteiger partial charge < -0.3 is 9.67 Å². The highest BCUT2D eigenvalue weighted by Gasteiger charge is 2.34. The number of aromatic nitrogens is 6. The summed E-state index contributed by atoms with van der Waals surface area (Å²) < 4.78 is 3.29. The second-order valence-corrected chi connectivity index (χ2v) is 6.13. The van der Waals surface area contributed by atoms with Gasteiger partial charge in [0.15, 0.2) is 0 Å². The summed E-state index contributed by atoms with van der Waals surface area (Å²) in [6, 6.07) is 4.99. The maximum Gasteiger partial charge on any atom is 0.137 e. The van der Waals surface area contributed by atoms with E-state index in [0.717, 1.165) is 0 Å². The van der Waals surface area contributed by atoms with Crippen LogP contribution in [0.3, 0.4) is 0 Å². The second kappa shape index (κ2) is 6.27. The lowest BCUT2D eigenvalue weighted by atomic mass is 9.89. The zero-order chi connectivity index (χ0) is 16.4. The Morgan fingerprint density at radius 2 is 2.09 bits per heavy atom. The molecule has 0 saturated carbocycles. The molecular weight excluding hydrogens is 339 g/mol. The van der Waals surface area contributed by atoms with Gasteiger partial charge in [-0.05, 0) is 12.1 Å². The highest BCUT2D eigenvalue weighted by atomic mass is 35.5. The zero-order valence-electron chi connectivity index (χ0n) is 12.3. The number of halogens is 2. The third-order valence-corrected chi connectivity index (χ3v) is 4.13. The molecule has 1 unspecified atom stereocenters. The molecule has 23 heavy (non-hydrogen) atoms. The van der Waals surface area contributed by atoms with E-state index in [1.54, 1.807) is 33.8 Å². The minimum atomic E-state index is -1.34. The molecule has 1 N–H and O–H groups in total. The fourth-order valence-electron chi connectivity index (χ4n) is 2.41. The Morgan fingerprint density at radius 1 is 1.26 bits per heavy atom. The molecule has 0 spiro atoms. The molecule has 3 rings (SSSR count). The normalized spacial score (nSPS) is 13.9. The Labute approximate surface area is 142 Å². The third-order valence-electron chi connectivity index (χ3n) is 3.58. The Morgan fingerprint density at radius 3 is 2.70 bits per heavy atom. The molecule has 0 aliphatic carbocycles. The van der Waals surface area contributed by atoms with Gasteiger partial charge in [0.1, 0.15) is 30.4 Å². The van der Waals surface area contributed by atoms with Crippen LogP contribution in [0.25, 0.3) is 0 Å². The number of aliphatic hydroxyl groups is 1. The minimum Gasteiger partial charge on any atom is -0.383 e. The molecule has 0 aliphatic heterocycles. The SMILES string of the molecule is Cn1cnnc1CC(O)(Cn1cncn1)c1ccc(Cl)cc1Cl. The summed E-state index contributed by atoms with van der Waals surface area (Å²) in [5.41, 5.74) is -0.794. The quantitative estimate of drug-likeness (QED) is 0.757. The van der Waals surface area contributed by atoms with E-state index in [9.17, 15) is 5.11 Å². The van der Waals surface area contributed by atoms with Gasteiger partial charge in [0.25, 0.3) is 0 Å². The van der Waals surface area contributed by atoms with Crippen LogP contribution in [-0.2, 0) is 25.6 Å². The molecule has 0 amide bonds. The molecule has 0 bridgehead atoms. The van der Waals surface area contributed by atoms with Crippen LogP contribution in [0.1, 0.15) is 11.4 Å². The highest BCUT2D eigenvalue weighted by Crippen LogP contribution is 2.34. The van der Waals surface area contributed by atoms with Crippen molar-refractivity contribution in [2.24, 2.45) is 7.05 Å². The number of hydrogen-bond acceptors (Lipinski definition) is 5. The first-order chi connectivity index (χ1) is 11.0. The van der Waals surface area contributed by atoms with Crippen LogP contribution in [0.2, 0.25) is 10.0 Å². The molecule has 120 valence electrons. The topological polar surface area (TPSA) is 81.6 Å². The van der Waals surface area contributed by atoms with Gasteiger partial charge in [-0.1, -0.05) is 29.3 Å². The van der Waals surface area contributed by atoms with Crippen molar-refractivity contribution in [3.05, 3.63) is 58.6 Å². The molecule has 1 aromatic carbocycles. The van der Waals surface area contributed by atoms with Gasteiger partial charge in [0.2, 0.25) is 0 Å². The van der Waals surface area contributed by atoms with Crippen molar-refractivity contribution in [1.29, 1.82) is 0 Å². The fraction of sp³-hybridized carbons (Fsp3) is 0.286. The van der Waals surface area contributed by atoms with Gasteiger partial charge in [-0.2, -0.15) is 5.10 Å². The van der Waals surface area contributed by atoms with Crippen molar-refractivity contribution in [2.45, 2.75) is 18.6 Å². The lowest BCUT2D eigenvalue weighted by Gasteiger charge is -2.29. The first kappa shape index (κ1) is 15.9. The van der Waals surface area contributed by atoms with Gasteiger partial charge in [-0.15, -0.1) is 10.2 Å². The number of rotatable bonds is 5. The molecule has 1 atom stereocenters. The summed E-state index contributed by atoms with van der Waals surface area (Å²) in [6.07, 6.45) is 4.73. The standard InChI is InChI=1S/C14H14Cl2N6O/c1-21-9-18-20-13(21)5-14(23,6-22-8-17-7-19-22)11-3-2-10(15)4-12(11)16/h2-4,7-9,23H,5-6H2,1H3. The van der Waals surface area contributed by atoms with E-state index in [-0.39, 0.29) is 13.0 Å². The lowest BCUT2D eigenvalue weighted by Crippen LogP contribution is -2.35. The smallest absolute Gasteiger partial charge is 0.137 e. The van der Waals surface area contributed by atoms with E-state index in [0.29, 0.717) is 21.4 Å². The lowest BCUT2D eigenvalue weighted by molar-refractivity contribution is 0.0126. The molecule has 0 fully saturated rings. The van der Waals surface area contributed by atoms with E-state index in [4.69, 9.17) is 23.2 Å². The maximum atomic E-state index is 11.3. The summed E-state index contributed by atoms with van der Waals surface area (Å²) in [5, 5.41) is 24.1. The molecule has 7 nitrogen and oxygen atoms in total. The minimum absolute atomic E-state index is 0.168. The van der Waals surface area contributed by atoms with Gasteiger partial charge in [-0.25, -0.2) is 9.67 Å². The molecule has 0 radical (unpaired) electrons. The largest absolute Gasteiger partial charge is 0.383 e. The summed E-state index contributed by atoms with van der Waals surface area (Å²) in [6.45, 7) is 0.168. The number of benzene rings is 1. The Hall–Kier alpha value is -1.96. The van der Waals surface area contributed by atoms with Crippen LogP contribution in [0, 0.1) is 0 Å². The molecule has 9 heteroatoms. The van der Waals surface area contributed by atoms with Gasteiger partial charge >= 0.3 is 0 Å². The van der Waals surface area contributed by atoms with Crippen molar-refractivity contribution in [2.75, 3.05) is 0 Å². The van der Waals surface area contributed by atoms with Gasteiger partial charge in [0, 0.05) is 29.1 Å². The first-order valence-electron chi connectivity index (χ1n) is 6.81. The predicted molar refractivity (Wildman–Crippen MR) is 85.1 cm³/mol. The van der Waals surface area contributed by atoms with Crippen LogP contribution in [-0.4, -0.2) is 34.6 Å². The predicted octanol–water partition coefficient (Wildman–Crippen LogP) is 1.84. The van der Waals surface area contributed by atoms with E-state index in [1.165, 1.54) is 12.7 Å². The van der Waals surface area contributed by atoms with Crippen LogP contribution in [0.5, 0.6) is 0 Å². The average molecular weight is 353 g/mol. The molecule has 2 aromatic heterocycles. The third kappa shape index (κ3) is 3.36. The maximum absolute atomic E-state index is 11.3. The highest BCUT2D eigenvalue weighted by molar-refractivity contribution is 6.35. The van der Waals surface area contributed by atoms with Crippen molar-refractivity contribution in [3.63, 3.8) is 0 Å². The van der Waals surface area contributed by atoms with Crippen LogP contribution >= 0.6 is 23.2 Å². The molecule has 0 aliphatic rings. The average Bonchev–Trinajstić information content (AvgIpc) is 3.11. The monoisotopic (exact) mass is 352 g/mol. The van der Waals surface area contributed by atoms with Crippen molar-refractivity contribution < 1.29 is 5.11 Å². The van der Waals surface area contributed by atoms with Crippen molar-refractivity contribution in [3.8, 4) is 0 Å². The summed E-state index contributed by atoms with van der Waals surface area (Å²) in [5.74, 6) is 0.624. The van der Waals surface area contributed by atoms with Crippen LogP contribution in [0.4, 0.5) is 0 Å². The molecule has 0 saturated heterocycles. The Bertz CT molecular complexity index is 803. The summed E-state index contributed by atoms with van der Waals surface area (Å²) in [4.78, 5) is 3.90. The number of aryl methyl sites for hydroxylation is 1. The number of hydrogen-bond donors (Lipinski definition) is 1. The van der Waals surface area contributed by atoms with Gasteiger partial charge in [0.05, 0.1) is 6.54 Å². The zero-order valence-corrected chi connectivity index (χ0v) is 13.8. The van der Waals surface area contributed by atoms with Crippen LogP contribution < -0.4 is 0 Å². The summed E-state index contributed by atoms with van der Waals surface area (Å²) >= 11 is 12.3. The van der Waals surface area contributed by atoms with E-state index >= 15 is 0 Å². The Kier molecular flexibility index (Phi) is 4.34. The van der Waals surface area contributed by atoms with Crippen molar-refractivity contribution >= 4 is 23.2 Å². The summed E-state index contributed by atoms with van der Waals surface area (Å²) in [7, 11) is 1.81. The van der Waals surface area contributed by atoms with E-state index < -0.39 is 5.60 Å². The van der Waals surface area contributed by atoms with E-state index in [2.05, 4.69) is 20.3 Å². The molecule has 2 heterocycles. The van der Waals surface area contributed by atoms with Crippen molar-refractivity contribution in [1.82, 2.24) is 29.5 Å². The second-order valence-electron chi connectivity index (χ2n) is 5.28. The number of nitrogens with zero attached hydrogens (tertiary/aromatic N) is 6.